The lowest BCUT2D eigenvalue weighted by Gasteiger charge is -2.44. The lowest BCUT2D eigenvalue weighted by Crippen LogP contribution is -2.61. The molecule has 13 aromatic carbocycles. The Hall–Kier alpha value is -12.8. The second-order valence-corrected chi connectivity index (χ2v) is 24.3. The van der Waals surface area contributed by atoms with E-state index in [1.807, 2.05) is 78.9 Å². The molecule has 95 heavy (non-hydrogen) atoms. The largest absolute Gasteiger partial charge is 0.455 e. The van der Waals surface area contributed by atoms with Gasteiger partial charge in [-0.3, -0.25) is 0 Å². The van der Waals surface area contributed by atoms with Gasteiger partial charge in [-0.15, -0.1) is 0 Å². The van der Waals surface area contributed by atoms with Crippen LogP contribution in [-0.2, 0) is 0 Å². The molecule has 4 aromatic heterocycles. The molecule has 0 radical (unpaired) electrons. The molecule has 0 bridgehead atoms. The van der Waals surface area contributed by atoms with Crippen molar-refractivity contribution in [1.82, 2.24) is 29.5 Å². The fourth-order valence-electron chi connectivity index (χ4n) is 14.6. The second-order valence-electron chi connectivity index (χ2n) is 24.3. The van der Waals surface area contributed by atoms with Gasteiger partial charge in [-0.25, -0.2) is 24.9 Å². The van der Waals surface area contributed by atoms with E-state index in [0.29, 0.717) is 23.3 Å². The van der Waals surface area contributed by atoms with Gasteiger partial charge in [0.25, 0.3) is 6.71 Å². The molecular weight excluding hydrogens is 1160 g/mol. The maximum absolute atomic E-state index is 6.80. The summed E-state index contributed by atoms with van der Waals surface area (Å²) in [5.41, 5.74) is 24.5. The van der Waals surface area contributed by atoms with Gasteiger partial charge < -0.3 is 18.8 Å². The Kier molecular flexibility index (Phi) is 12.5. The summed E-state index contributed by atoms with van der Waals surface area (Å²) in [5, 5.41) is 4.25. The van der Waals surface area contributed by atoms with Gasteiger partial charge in [0.15, 0.2) is 23.3 Å². The number of anilines is 6. The van der Waals surface area contributed by atoms with Crippen LogP contribution >= 0.6 is 0 Å². The van der Waals surface area contributed by atoms with Crippen molar-refractivity contribution in [3.63, 3.8) is 0 Å². The number of hydrogen-bond acceptors (Lipinski definition) is 8. The Balaban J connectivity index is 0.748. The molecular formula is C85H53BN8O. The van der Waals surface area contributed by atoms with Crippen LogP contribution in [0.2, 0.25) is 0 Å². The Bertz CT molecular complexity index is 5800. The zero-order valence-corrected chi connectivity index (χ0v) is 51.2. The van der Waals surface area contributed by atoms with E-state index in [2.05, 4.69) is 257 Å². The van der Waals surface area contributed by atoms with Gasteiger partial charge in [0.1, 0.15) is 11.2 Å². The third-order valence-corrected chi connectivity index (χ3v) is 18.9. The van der Waals surface area contributed by atoms with E-state index in [1.54, 1.807) is 0 Å². The fraction of sp³-hybridized carbons (Fsp3) is 0. The summed E-state index contributed by atoms with van der Waals surface area (Å²) in [4.78, 5) is 31.6. The van der Waals surface area contributed by atoms with E-state index in [0.717, 1.165) is 117 Å². The van der Waals surface area contributed by atoms with Crippen LogP contribution in [-0.4, -0.2) is 36.2 Å². The van der Waals surface area contributed by atoms with Crippen molar-refractivity contribution < 1.29 is 4.42 Å². The zero-order valence-electron chi connectivity index (χ0n) is 51.2. The van der Waals surface area contributed by atoms with Gasteiger partial charge >= 0.3 is 0 Å². The Morgan fingerprint density at radius 1 is 0.284 bits per heavy atom. The lowest BCUT2D eigenvalue weighted by molar-refractivity contribution is 0.673. The molecule has 0 unspecified atom stereocenters. The molecule has 0 spiro atoms. The Morgan fingerprint density at radius 2 is 0.758 bits per heavy atom. The highest BCUT2D eigenvalue weighted by molar-refractivity contribution is 7.00. The first-order valence-corrected chi connectivity index (χ1v) is 32.1. The lowest BCUT2D eigenvalue weighted by atomic mass is 9.33. The predicted molar refractivity (Wildman–Crippen MR) is 389 cm³/mol. The minimum absolute atomic E-state index is 0.0734. The second kappa shape index (κ2) is 22.0. The highest BCUT2D eigenvalue weighted by atomic mass is 16.3. The fourth-order valence-corrected chi connectivity index (χ4v) is 14.6. The quantitative estimate of drug-likeness (QED) is 0.125. The summed E-state index contributed by atoms with van der Waals surface area (Å²) in [6.45, 7) is 0.0734. The van der Waals surface area contributed by atoms with Gasteiger partial charge in [-0.1, -0.05) is 224 Å². The minimum atomic E-state index is 0.0734. The van der Waals surface area contributed by atoms with Crippen LogP contribution in [0.1, 0.15) is 0 Å². The molecule has 2 aliphatic rings. The molecule has 19 rings (SSSR count). The van der Waals surface area contributed by atoms with E-state index in [-0.39, 0.29) is 6.71 Å². The summed E-state index contributed by atoms with van der Waals surface area (Å²) in [6.07, 6.45) is 0. The first-order chi connectivity index (χ1) is 47.1. The molecule has 9 nitrogen and oxygen atoms in total. The summed E-state index contributed by atoms with van der Waals surface area (Å²) >= 11 is 0. The number of rotatable bonds is 10. The summed E-state index contributed by atoms with van der Waals surface area (Å²) in [7, 11) is 0. The standard InChI is InChI=1S/C85H53BN8O/c1-5-22-56(23-6-1)69-53-70(57-42-40-54(41-43-57)55-44-47-62(48-45-55)93-74-36-19-16-33-68(74)86-67-32-15-18-35-73(67)92(61-28-11-4-12-29-61)76-37-21-38-77(93)80(76)86)88-85(87-69)66-52-60(84-90-82(58-24-7-2-8-25-58)89-83(91-84)59-26-9-3-10-27-59)46-50-72(66)94-71-34-17-13-31-65(71)79-75(94)51-49-64-63-30-14-20-39-78(63)95-81(64)79/h1-53H. The third kappa shape index (κ3) is 8.91. The van der Waals surface area contributed by atoms with Crippen molar-refractivity contribution in [2.45, 2.75) is 0 Å². The molecule has 442 valence electrons. The Labute approximate surface area is 547 Å². The normalized spacial score (nSPS) is 12.4. The van der Waals surface area contributed by atoms with Crippen LogP contribution in [0.15, 0.2) is 326 Å². The zero-order chi connectivity index (χ0) is 62.5. The molecule has 0 saturated carbocycles. The van der Waals surface area contributed by atoms with Crippen LogP contribution in [0.3, 0.4) is 0 Å². The van der Waals surface area contributed by atoms with E-state index in [1.165, 1.54) is 39.1 Å². The van der Waals surface area contributed by atoms with Crippen molar-refractivity contribution in [3.8, 4) is 84.9 Å². The molecule has 17 aromatic rings. The number of aromatic nitrogens is 6. The van der Waals surface area contributed by atoms with Crippen molar-refractivity contribution >= 4 is 101 Å². The van der Waals surface area contributed by atoms with E-state index >= 15 is 0 Å². The molecule has 10 heteroatoms. The SMILES string of the molecule is c1ccc(-c2cc(-c3ccc(-c4ccc(N5c6ccccc6B6c7ccccc7N(c7ccccc7)c7cccc5c76)cc4)cc3)nc(-c3cc(-c4nc(-c5ccccc5)nc(-c5ccccc5)n4)ccc3-n3c4ccccc4c4c5oc6ccccc6c5ccc43)n2)cc1. The Morgan fingerprint density at radius 3 is 1.39 bits per heavy atom. The highest BCUT2D eigenvalue weighted by Gasteiger charge is 2.43. The third-order valence-electron chi connectivity index (χ3n) is 18.9. The molecule has 0 saturated heterocycles. The average molecular weight is 1210 g/mol. The maximum Gasteiger partial charge on any atom is 0.252 e. The van der Waals surface area contributed by atoms with Gasteiger partial charge in [0, 0.05) is 83.7 Å². The van der Waals surface area contributed by atoms with Gasteiger partial charge in [0.2, 0.25) is 0 Å². The van der Waals surface area contributed by atoms with Gasteiger partial charge in [0.05, 0.1) is 33.5 Å². The van der Waals surface area contributed by atoms with Crippen molar-refractivity contribution in [1.29, 1.82) is 0 Å². The number of para-hydroxylation sites is 5. The molecule has 0 fully saturated rings. The monoisotopic (exact) mass is 1210 g/mol. The minimum Gasteiger partial charge on any atom is -0.455 e. The van der Waals surface area contributed by atoms with Crippen LogP contribution < -0.4 is 26.2 Å². The maximum atomic E-state index is 6.80. The summed E-state index contributed by atoms with van der Waals surface area (Å²) in [5.74, 6) is 2.21. The molecule has 0 atom stereocenters. The number of nitrogens with zero attached hydrogens (tertiary/aromatic N) is 8. The van der Waals surface area contributed by atoms with Gasteiger partial charge in [-0.2, -0.15) is 0 Å². The van der Waals surface area contributed by atoms with Gasteiger partial charge in [-0.05, 0) is 125 Å². The molecule has 0 N–H and O–H groups in total. The van der Waals surface area contributed by atoms with Crippen LogP contribution in [0, 0.1) is 0 Å². The van der Waals surface area contributed by atoms with E-state index in [4.69, 9.17) is 29.3 Å². The van der Waals surface area contributed by atoms with E-state index < -0.39 is 0 Å². The molecule has 0 aliphatic carbocycles. The number of fused-ring (bicyclic) bond motifs is 11. The topological polar surface area (TPSA) is 89.0 Å². The van der Waals surface area contributed by atoms with Crippen LogP contribution in [0.4, 0.5) is 34.1 Å². The van der Waals surface area contributed by atoms with E-state index in [9.17, 15) is 0 Å². The highest BCUT2D eigenvalue weighted by Crippen LogP contribution is 2.46. The number of benzene rings is 13. The van der Waals surface area contributed by atoms with Crippen molar-refractivity contribution in [3.05, 3.63) is 322 Å². The molecule has 6 heterocycles. The number of hydrogen-bond donors (Lipinski definition) is 0. The summed E-state index contributed by atoms with van der Waals surface area (Å²) < 4.78 is 9.14. The van der Waals surface area contributed by atoms with Crippen LogP contribution in [0.5, 0.6) is 0 Å². The number of furan rings is 1. The first kappa shape index (κ1) is 54.0. The first-order valence-electron chi connectivity index (χ1n) is 32.1. The molecule has 2 aliphatic heterocycles. The van der Waals surface area contributed by atoms with Crippen LogP contribution in [0.25, 0.3) is 129 Å². The summed E-state index contributed by atoms with van der Waals surface area (Å²) in [6, 6.07) is 113. The smallest absolute Gasteiger partial charge is 0.252 e. The van der Waals surface area contributed by atoms with Crippen molar-refractivity contribution in [2.75, 3.05) is 9.80 Å². The predicted octanol–water partition coefficient (Wildman–Crippen LogP) is 19.4. The average Bonchev–Trinajstić information content (AvgIpc) is 1.54. The van der Waals surface area contributed by atoms with Crippen molar-refractivity contribution in [2.24, 2.45) is 0 Å². The molecule has 0 amide bonds.